The van der Waals surface area contributed by atoms with Crippen LogP contribution in [-0.4, -0.2) is 54.5 Å². The number of rotatable bonds is 3. The van der Waals surface area contributed by atoms with E-state index >= 15 is 0 Å². The first-order valence-electron chi connectivity index (χ1n) is 11.8. The number of piperidine rings is 1. The second-order valence-electron chi connectivity index (χ2n) is 9.88. The molecule has 0 radical (unpaired) electrons. The summed E-state index contributed by atoms with van der Waals surface area (Å²) in [7, 11) is -0.461. The maximum Gasteiger partial charge on any atom is 0.433 e. The van der Waals surface area contributed by atoms with Gasteiger partial charge in [0.05, 0.1) is 5.69 Å². The fourth-order valence-corrected chi connectivity index (χ4v) is 6.92. The molecule has 0 bridgehead atoms. The summed E-state index contributed by atoms with van der Waals surface area (Å²) in [6.07, 6.45) is 5.66. The van der Waals surface area contributed by atoms with Crippen molar-refractivity contribution in [2.45, 2.75) is 70.6 Å². The highest BCUT2D eigenvalue weighted by Crippen LogP contribution is 2.41. The summed E-state index contributed by atoms with van der Waals surface area (Å²) in [5, 5.41) is 4.19. The number of pyridine rings is 1. The van der Waals surface area contributed by atoms with Crippen LogP contribution >= 0.6 is 0 Å². The minimum absolute atomic E-state index is 0.157. The molecule has 1 aliphatic carbocycles. The van der Waals surface area contributed by atoms with Gasteiger partial charge in [0, 0.05) is 40.6 Å². The van der Waals surface area contributed by atoms with Gasteiger partial charge in [-0.2, -0.15) is 18.3 Å². The lowest BCUT2D eigenvalue weighted by Gasteiger charge is -2.48. The largest absolute Gasteiger partial charge is 0.433 e. The van der Waals surface area contributed by atoms with Crippen molar-refractivity contribution in [3.05, 3.63) is 36.2 Å². The molecule has 0 atom stereocenters. The number of likely N-dealkylation sites (tertiary alicyclic amines) is 1. The van der Waals surface area contributed by atoms with Gasteiger partial charge in [-0.05, 0) is 76.2 Å². The molecular formula is C24H33F3N4OS. The molecular weight excluding hydrogens is 449 g/mol. The average Bonchev–Trinajstić information content (AvgIpc) is 3.46. The maximum absolute atomic E-state index is 12.5. The predicted octanol–water partition coefficient (Wildman–Crippen LogP) is 5.32. The van der Waals surface area contributed by atoms with Crippen molar-refractivity contribution < 1.29 is 17.4 Å². The molecule has 0 aromatic carbocycles. The van der Waals surface area contributed by atoms with Crippen molar-refractivity contribution in [3.8, 4) is 11.4 Å². The van der Waals surface area contributed by atoms with Crippen LogP contribution in [-0.2, 0) is 17.0 Å². The molecule has 3 aliphatic rings. The van der Waals surface area contributed by atoms with Gasteiger partial charge in [-0.1, -0.05) is 18.9 Å². The average molecular weight is 483 g/mol. The van der Waals surface area contributed by atoms with Crippen LogP contribution in [0, 0.1) is 5.41 Å². The number of hydrogen-bond acceptors (Lipinski definition) is 4. The summed E-state index contributed by atoms with van der Waals surface area (Å²) in [6, 6.07) is 6.50. The molecule has 3 fully saturated rings. The SMILES string of the molecule is CC(C)n1ccc(-c2cccc(C(F)(F)F)n2)n1.O=S1CC2(CCN(C3CCCC3)CC2)C1. The van der Waals surface area contributed by atoms with Crippen LogP contribution in [0.15, 0.2) is 30.5 Å². The molecule has 0 N–H and O–H groups in total. The summed E-state index contributed by atoms with van der Waals surface area (Å²) < 4.78 is 50.5. The summed E-state index contributed by atoms with van der Waals surface area (Å²) >= 11 is 0. The quantitative estimate of drug-likeness (QED) is 0.594. The van der Waals surface area contributed by atoms with Crippen LogP contribution in [0.5, 0.6) is 0 Å². The van der Waals surface area contributed by atoms with Gasteiger partial charge in [0.15, 0.2) is 0 Å². The highest BCUT2D eigenvalue weighted by Gasteiger charge is 2.45. The summed E-state index contributed by atoms with van der Waals surface area (Å²) in [4.78, 5) is 6.29. The number of nitrogens with zero attached hydrogens (tertiary/aromatic N) is 4. The summed E-state index contributed by atoms with van der Waals surface area (Å²) in [5.74, 6) is 2.01. The molecule has 9 heteroatoms. The standard InChI is InChI=1S/C12H12F3N3.C12H21NOS/c1-8(2)18-7-6-10(17-18)9-4-3-5-11(16-9)12(13,14)15;14-15-9-12(10-15)5-7-13(8-6-12)11-3-1-2-4-11/h3-8H,1-2H3;11H,1-10H2. The molecule has 1 spiro atoms. The Labute approximate surface area is 196 Å². The minimum Gasteiger partial charge on any atom is -0.300 e. The van der Waals surface area contributed by atoms with Crippen LogP contribution in [0.1, 0.15) is 64.1 Å². The molecule has 2 aromatic rings. The van der Waals surface area contributed by atoms with Gasteiger partial charge in [0.1, 0.15) is 11.4 Å². The normalized spacial score (nSPS) is 21.8. The molecule has 1 saturated carbocycles. The van der Waals surface area contributed by atoms with Crippen molar-refractivity contribution in [2.24, 2.45) is 5.41 Å². The fourth-order valence-electron chi connectivity index (χ4n) is 5.06. The topological polar surface area (TPSA) is 51.0 Å². The van der Waals surface area contributed by atoms with E-state index in [0.717, 1.165) is 23.6 Å². The Hall–Kier alpha value is -1.74. The van der Waals surface area contributed by atoms with E-state index in [1.54, 1.807) is 16.9 Å². The Morgan fingerprint density at radius 1 is 1.06 bits per heavy atom. The van der Waals surface area contributed by atoms with Gasteiger partial charge in [-0.25, -0.2) is 4.98 Å². The Balaban J connectivity index is 0.000000159. The predicted molar refractivity (Wildman–Crippen MR) is 124 cm³/mol. The third-order valence-corrected chi connectivity index (χ3v) is 8.94. The summed E-state index contributed by atoms with van der Waals surface area (Å²) in [6.45, 7) is 6.44. The molecule has 2 aliphatic heterocycles. The van der Waals surface area contributed by atoms with Gasteiger partial charge in [-0.15, -0.1) is 0 Å². The van der Waals surface area contributed by atoms with Crippen molar-refractivity contribution in [2.75, 3.05) is 24.6 Å². The minimum atomic E-state index is -4.43. The third-order valence-electron chi connectivity index (χ3n) is 7.07. The van der Waals surface area contributed by atoms with Crippen LogP contribution in [0.25, 0.3) is 11.4 Å². The van der Waals surface area contributed by atoms with E-state index in [1.807, 2.05) is 13.8 Å². The molecule has 182 valence electrons. The van der Waals surface area contributed by atoms with E-state index in [2.05, 4.69) is 15.0 Å². The number of aromatic nitrogens is 3. The zero-order valence-corrected chi connectivity index (χ0v) is 20.2. The van der Waals surface area contributed by atoms with Crippen molar-refractivity contribution in [1.82, 2.24) is 19.7 Å². The molecule has 2 aromatic heterocycles. The Bertz CT molecular complexity index is 951. The van der Waals surface area contributed by atoms with Crippen LogP contribution < -0.4 is 0 Å². The molecule has 0 unspecified atom stereocenters. The monoisotopic (exact) mass is 482 g/mol. The Kier molecular flexibility index (Phi) is 7.29. The highest BCUT2D eigenvalue weighted by atomic mass is 32.2. The summed E-state index contributed by atoms with van der Waals surface area (Å²) in [5.41, 5.74) is 0.276. The second-order valence-corrected chi connectivity index (χ2v) is 11.3. The first kappa shape index (κ1) is 24.4. The van der Waals surface area contributed by atoms with Crippen molar-refractivity contribution in [3.63, 3.8) is 0 Å². The zero-order valence-electron chi connectivity index (χ0n) is 19.4. The van der Waals surface area contributed by atoms with E-state index < -0.39 is 22.7 Å². The molecule has 4 heterocycles. The Morgan fingerprint density at radius 3 is 2.27 bits per heavy atom. The zero-order chi connectivity index (χ0) is 23.6. The lowest BCUT2D eigenvalue weighted by atomic mass is 9.81. The maximum atomic E-state index is 12.5. The van der Waals surface area contributed by atoms with E-state index in [-0.39, 0.29) is 11.7 Å². The molecule has 5 nitrogen and oxygen atoms in total. The first-order chi connectivity index (χ1) is 15.7. The molecule has 5 rings (SSSR count). The van der Waals surface area contributed by atoms with E-state index in [0.29, 0.717) is 11.1 Å². The van der Waals surface area contributed by atoms with E-state index in [1.165, 1.54) is 63.7 Å². The molecule has 33 heavy (non-hydrogen) atoms. The van der Waals surface area contributed by atoms with Gasteiger partial charge in [0.2, 0.25) is 0 Å². The molecule has 0 amide bonds. The van der Waals surface area contributed by atoms with Crippen LogP contribution in [0.3, 0.4) is 0 Å². The van der Waals surface area contributed by atoms with Gasteiger partial charge in [0.25, 0.3) is 0 Å². The van der Waals surface area contributed by atoms with Gasteiger partial charge < -0.3 is 4.90 Å². The lowest BCUT2D eigenvalue weighted by Crippen LogP contribution is -2.53. The smallest absolute Gasteiger partial charge is 0.300 e. The number of hydrogen-bond donors (Lipinski definition) is 0. The van der Waals surface area contributed by atoms with E-state index in [4.69, 9.17) is 0 Å². The highest BCUT2D eigenvalue weighted by molar-refractivity contribution is 7.86. The van der Waals surface area contributed by atoms with Crippen molar-refractivity contribution >= 4 is 10.8 Å². The van der Waals surface area contributed by atoms with Crippen LogP contribution in [0.2, 0.25) is 0 Å². The van der Waals surface area contributed by atoms with Crippen LogP contribution in [0.4, 0.5) is 13.2 Å². The lowest BCUT2D eigenvalue weighted by molar-refractivity contribution is -0.141. The Morgan fingerprint density at radius 2 is 1.73 bits per heavy atom. The van der Waals surface area contributed by atoms with Gasteiger partial charge in [-0.3, -0.25) is 8.89 Å². The van der Waals surface area contributed by atoms with Gasteiger partial charge >= 0.3 is 6.18 Å². The fraction of sp³-hybridized carbons (Fsp3) is 0.667. The molecule has 2 saturated heterocycles. The second kappa shape index (κ2) is 9.86. The number of alkyl halides is 3. The van der Waals surface area contributed by atoms with E-state index in [9.17, 15) is 17.4 Å². The third kappa shape index (κ3) is 5.85. The first-order valence-corrected chi connectivity index (χ1v) is 13.3. The van der Waals surface area contributed by atoms with Crippen molar-refractivity contribution in [1.29, 1.82) is 0 Å². The number of halogens is 3.